The molecule has 0 bridgehead atoms. The smallest absolute Gasteiger partial charge is 0.329 e. The summed E-state index contributed by atoms with van der Waals surface area (Å²) in [6, 6.07) is 10.9. The number of rotatable bonds is 5. The van der Waals surface area contributed by atoms with E-state index in [-0.39, 0.29) is 17.5 Å². The number of anilines is 4. The predicted molar refractivity (Wildman–Crippen MR) is 110 cm³/mol. The second-order valence-corrected chi connectivity index (χ2v) is 7.21. The summed E-state index contributed by atoms with van der Waals surface area (Å²) < 4.78 is 0. The minimum absolute atomic E-state index is 0.0575. The second-order valence-electron chi connectivity index (χ2n) is 6.40. The van der Waals surface area contributed by atoms with Crippen LogP contribution in [0.3, 0.4) is 0 Å². The molecule has 1 aliphatic carbocycles. The molecule has 1 aromatic heterocycles. The topological polar surface area (TPSA) is 93.0 Å². The third-order valence-corrected chi connectivity index (χ3v) is 5.24. The first-order chi connectivity index (χ1) is 13.5. The van der Waals surface area contributed by atoms with Gasteiger partial charge in [-0.2, -0.15) is 4.98 Å². The number of aryl methyl sites for hydroxylation is 2. The summed E-state index contributed by atoms with van der Waals surface area (Å²) in [6.07, 6.45) is 4.48. The van der Waals surface area contributed by atoms with Crippen LogP contribution < -0.4 is 10.6 Å². The fraction of sp³-hybridized carbons (Fsp3) is 0.158. The minimum atomic E-state index is -0.543. The zero-order chi connectivity index (χ0) is 19.7. The molecule has 28 heavy (non-hydrogen) atoms. The molecule has 9 heteroatoms. The quantitative estimate of drug-likeness (QED) is 0.411. The summed E-state index contributed by atoms with van der Waals surface area (Å²) in [5.41, 5.74) is 3.79. The molecule has 0 saturated heterocycles. The monoisotopic (exact) mass is 415 g/mol. The van der Waals surface area contributed by atoms with Crippen molar-refractivity contribution in [3.8, 4) is 0 Å². The van der Waals surface area contributed by atoms with E-state index in [9.17, 15) is 10.1 Å². The molecule has 0 unspecified atom stereocenters. The molecule has 7 nitrogen and oxygen atoms in total. The number of nitro groups is 1. The first-order valence-electron chi connectivity index (χ1n) is 8.62. The standard InChI is InChI=1S/C19H15Cl2N5O2/c20-15-7-6-14(9-16(15)21)23-18-17(26(27)28)10-22-19(25-18)24-13-5-4-11-2-1-3-12(11)8-13/h4-10H,1-3H2,(H2,22,23,24,25). The molecule has 2 N–H and O–H groups in total. The molecule has 2 aromatic carbocycles. The Hall–Kier alpha value is -2.90. The predicted octanol–water partition coefficient (Wildman–Crippen LogP) is 5.67. The van der Waals surface area contributed by atoms with Crippen LogP contribution in [0.4, 0.5) is 28.8 Å². The van der Waals surface area contributed by atoms with Crippen LogP contribution in [-0.4, -0.2) is 14.9 Å². The largest absolute Gasteiger partial charge is 0.334 e. The molecule has 1 aliphatic rings. The zero-order valence-electron chi connectivity index (χ0n) is 14.6. The Labute approximate surface area is 170 Å². The highest BCUT2D eigenvalue weighted by Gasteiger charge is 2.18. The van der Waals surface area contributed by atoms with Gasteiger partial charge in [0.25, 0.3) is 0 Å². The maximum Gasteiger partial charge on any atom is 0.329 e. The van der Waals surface area contributed by atoms with E-state index < -0.39 is 4.92 Å². The Morgan fingerprint density at radius 3 is 2.50 bits per heavy atom. The zero-order valence-corrected chi connectivity index (χ0v) is 16.1. The first-order valence-corrected chi connectivity index (χ1v) is 9.37. The fourth-order valence-electron chi connectivity index (χ4n) is 3.15. The van der Waals surface area contributed by atoms with Gasteiger partial charge in [0.15, 0.2) is 0 Å². The Morgan fingerprint density at radius 1 is 0.964 bits per heavy atom. The molecule has 0 spiro atoms. The molecule has 3 aromatic rings. The van der Waals surface area contributed by atoms with Crippen LogP contribution in [-0.2, 0) is 12.8 Å². The number of nitrogens with zero attached hydrogens (tertiary/aromatic N) is 3. The summed E-state index contributed by atoms with van der Waals surface area (Å²) in [6.45, 7) is 0. The maximum atomic E-state index is 11.3. The molecule has 142 valence electrons. The molecule has 0 aliphatic heterocycles. The number of halogens is 2. The number of nitrogens with one attached hydrogen (secondary N) is 2. The summed E-state index contributed by atoms with van der Waals surface area (Å²) >= 11 is 11.9. The number of benzene rings is 2. The van der Waals surface area contributed by atoms with Crippen LogP contribution in [0.15, 0.2) is 42.6 Å². The van der Waals surface area contributed by atoms with E-state index in [0.717, 1.165) is 24.9 Å². The average Bonchev–Trinajstić information content (AvgIpc) is 3.12. The van der Waals surface area contributed by atoms with Crippen molar-refractivity contribution in [3.05, 3.63) is 73.9 Å². The van der Waals surface area contributed by atoms with E-state index >= 15 is 0 Å². The minimum Gasteiger partial charge on any atom is -0.334 e. The van der Waals surface area contributed by atoms with Crippen molar-refractivity contribution in [2.75, 3.05) is 10.6 Å². The first kappa shape index (κ1) is 18.5. The van der Waals surface area contributed by atoms with Crippen LogP contribution in [0.2, 0.25) is 10.0 Å². The van der Waals surface area contributed by atoms with Gasteiger partial charge in [-0.1, -0.05) is 29.3 Å². The van der Waals surface area contributed by atoms with E-state index in [4.69, 9.17) is 23.2 Å². The normalized spacial score (nSPS) is 12.5. The van der Waals surface area contributed by atoms with Crippen LogP contribution in [0.5, 0.6) is 0 Å². The molecule has 1 heterocycles. The Kier molecular flexibility index (Phi) is 5.02. The van der Waals surface area contributed by atoms with E-state index in [1.807, 2.05) is 6.07 Å². The average molecular weight is 416 g/mol. The van der Waals surface area contributed by atoms with Gasteiger partial charge in [-0.15, -0.1) is 0 Å². The van der Waals surface area contributed by atoms with Crippen molar-refractivity contribution in [2.45, 2.75) is 19.3 Å². The van der Waals surface area contributed by atoms with E-state index in [1.54, 1.807) is 18.2 Å². The molecule has 0 atom stereocenters. The van der Waals surface area contributed by atoms with Crippen LogP contribution in [0, 0.1) is 10.1 Å². The van der Waals surface area contributed by atoms with Gasteiger partial charge in [0.2, 0.25) is 11.8 Å². The number of aromatic nitrogens is 2. The van der Waals surface area contributed by atoms with Gasteiger partial charge in [0, 0.05) is 11.4 Å². The molecular weight excluding hydrogens is 401 g/mol. The van der Waals surface area contributed by atoms with Crippen molar-refractivity contribution in [1.82, 2.24) is 9.97 Å². The molecule has 0 radical (unpaired) electrons. The van der Waals surface area contributed by atoms with Gasteiger partial charge in [-0.05, 0) is 60.7 Å². The van der Waals surface area contributed by atoms with Crippen LogP contribution in [0.1, 0.15) is 17.5 Å². The van der Waals surface area contributed by atoms with Crippen molar-refractivity contribution < 1.29 is 4.92 Å². The molecular formula is C19H15Cl2N5O2. The highest BCUT2D eigenvalue weighted by atomic mass is 35.5. The summed E-state index contributed by atoms with van der Waals surface area (Å²) in [5.74, 6) is 0.313. The fourth-order valence-corrected chi connectivity index (χ4v) is 3.45. The van der Waals surface area contributed by atoms with Crippen molar-refractivity contribution in [1.29, 1.82) is 0 Å². The molecule has 0 saturated carbocycles. The number of fused-ring (bicyclic) bond motifs is 1. The van der Waals surface area contributed by atoms with Gasteiger partial charge in [-0.3, -0.25) is 10.1 Å². The molecule has 4 rings (SSSR count). The summed E-state index contributed by atoms with van der Waals surface area (Å²) in [5, 5.41) is 18.1. The molecule has 0 amide bonds. The van der Waals surface area contributed by atoms with Gasteiger partial charge >= 0.3 is 5.69 Å². The van der Waals surface area contributed by atoms with Gasteiger partial charge in [0.1, 0.15) is 6.20 Å². The van der Waals surface area contributed by atoms with Crippen LogP contribution in [0.25, 0.3) is 0 Å². The maximum absolute atomic E-state index is 11.3. The number of hydrogen-bond acceptors (Lipinski definition) is 6. The SMILES string of the molecule is O=[N+]([O-])c1cnc(Nc2ccc3c(c2)CCC3)nc1Nc1ccc(Cl)c(Cl)c1. The van der Waals surface area contributed by atoms with Crippen molar-refractivity contribution in [2.24, 2.45) is 0 Å². The van der Waals surface area contributed by atoms with E-state index in [0.29, 0.717) is 15.7 Å². The Balaban J connectivity index is 1.63. The van der Waals surface area contributed by atoms with Gasteiger partial charge < -0.3 is 10.6 Å². The Morgan fingerprint density at radius 2 is 1.71 bits per heavy atom. The third kappa shape index (κ3) is 3.85. The third-order valence-electron chi connectivity index (χ3n) is 4.50. The lowest BCUT2D eigenvalue weighted by Crippen LogP contribution is -2.05. The lowest BCUT2D eigenvalue weighted by molar-refractivity contribution is -0.384. The van der Waals surface area contributed by atoms with Gasteiger partial charge in [0.05, 0.1) is 15.0 Å². The van der Waals surface area contributed by atoms with Crippen LogP contribution >= 0.6 is 23.2 Å². The second kappa shape index (κ2) is 7.61. The summed E-state index contributed by atoms with van der Waals surface area (Å²) in [7, 11) is 0. The number of hydrogen-bond donors (Lipinski definition) is 2. The van der Waals surface area contributed by atoms with Crippen molar-refractivity contribution >= 4 is 52.0 Å². The highest BCUT2D eigenvalue weighted by molar-refractivity contribution is 6.42. The van der Waals surface area contributed by atoms with Gasteiger partial charge in [-0.25, -0.2) is 4.98 Å². The Bertz CT molecular complexity index is 1070. The van der Waals surface area contributed by atoms with Crippen molar-refractivity contribution in [3.63, 3.8) is 0 Å². The van der Waals surface area contributed by atoms with E-state index in [1.165, 1.54) is 17.3 Å². The summed E-state index contributed by atoms with van der Waals surface area (Å²) in [4.78, 5) is 19.2. The lowest BCUT2D eigenvalue weighted by atomic mass is 10.1. The highest BCUT2D eigenvalue weighted by Crippen LogP contribution is 2.31. The lowest BCUT2D eigenvalue weighted by Gasteiger charge is -2.10. The molecule has 0 fully saturated rings. The van der Waals surface area contributed by atoms with E-state index in [2.05, 4.69) is 32.7 Å².